The molecule has 3 fully saturated rings. The fourth-order valence-corrected chi connectivity index (χ4v) is 7.80. The number of hydrogen-bond acceptors (Lipinski definition) is 13. The number of carbonyl (C=O) groups is 3. The number of rotatable bonds is 14. The number of amides is 3. The zero-order valence-corrected chi connectivity index (χ0v) is 27.4. The number of carbonyl (C=O) groups excluding carboxylic acids is 3. The first-order chi connectivity index (χ1) is 22.2. The molecule has 3 aliphatic rings. The van der Waals surface area contributed by atoms with Crippen molar-refractivity contribution < 1.29 is 64.7 Å². The van der Waals surface area contributed by atoms with E-state index < -0.39 is 102 Å². The summed E-state index contributed by atoms with van der Waals surface area (Å²) in [4.78, 5) is 35.6. The molecule has 3 saturated carbocycles. The first-order valence-corrected chi connectivity index (χ1v) is 16.4. The third kappa shape index (κ3) is 10.0. The van der Waals surface area contributed by atoms with Gasteiger partial charge in [-0.1, -0.05) is 0 Å². The molecule has 0 radical (unpaired) electrons. The Morgan fingerprint density at radius 3 is 1.34 bits per heavy atom. The maximum atomic E-state index is 12.2. The number of ether oxygens (including phenoxy) is 2. The average molecular weight is 678 g/mol. The van der Waals surface area contributed by atoms with Crippen LogP contribution in [0.4, 0.5) is 0 Å². The summed E-state index contributed by atoms with van der Waals surface area (Å²) in [5.74, 6) is -4.92. The van der Waals surface area contributed by atoms with Crippen molar-refractivity contribution in [1.82, 2.24) is 16.0 Å². The second-order valence-corrected chi connectivity index (χ2v) is 13.7. The Labute approximate surface area is 274 Å². The minimum atomic E-state index is -1.32. The molecule has 0 saturated heterocycles. The Bertz CT molecular complexity index is 1020. The summed E-state index contributed by atoms with van der Waals surface area (Å²) in [6.45, 7) is 2.90. The summed E-state index contributed by atoms with van der Waals surface area (Å²) in [5, 5.41) is 91.7. The fraction of sp³-hybridized carbons (Fsp3) is 0.903. The molecule has 0 aliphatic heterocycles. The SMILES string of the molecule is CC(=O)NC1C(O)[C@H](O)C(CO)C[C@H]1COC[C@@H]1C(CO)C[C@@H](COC[C@@H]2C(CO)C[C@@H](O)C(NC(C)=O)C2O)C(NC(C)=O)C1O. The van der Waals surface area contributed by atoms with Crippen molar-refractivity contribution in [1.29, 1.82) is 0 Å². The Morgan fingerprint density at radius 2 is 0.894 bits per heavy atom. The highest BCUT2D eigenvalue weighted by molar-refractivity contribution is 5.74. The molecule has 16 heteroatoms. The minimum absolute atomic E-state index is 0.0217. The highest BCUT2D eigenvalue weighted by Crippen LogP contribution is 2.37. The lowest BCUT2D eigenvalue weighted by molar-refractivity contribution is -0.137. The summed E-state index contributed by atoms with van der Waals surface area (Å²) in [7, 11) is 0. The van der Waals surface area contributed by atoms with E-state index in [0.717, 1.165) is 0 Å². The lowest BCUT2D eigenvalue weighted by Gasteiger charge is -2.46. The van der Waals surface area contributed by atoms with Crippen molar-refractivity contribution >= 4 is 17.7 Å². The summed E-state index contributed by atoms with van der Waals surface area (Å²) in [6, 6.07) is -2.54. The van der Waals surface area contributed by atoms with Gasteiger partial charge in [-0.25, -0.2) is 0 Å². The average Bonchev–Trinajstić information content (AvgIpc) is 3.01. The molecule has 15 atom stereocenters. The van der Waals surface area contributed by atoms with Crippen LogP contribution in [0, 0.1) is 41.4 Å². The van der Waals surface area contributed by atoms with Crippen molar-refractivity contribution in [3.05, 3.63) is 0 Å². The van der Waals surface area contributed by atoms with Crippen molar-refractivity contribution in [3.8, 4) is 0 Å². The van der Waals surface area contributed by atoms with Gasteiger partial charge in [-0.2, -0.15) is 0 Å². The predicted octanol–water partition coefficient (Wildman–Crippen LogP) is -4.16. The van der Waals surface area contributed by atoms with Gasteiger partial charge < -0.3 is 66.3 Å². The van der Waals surface area contributed by atoms with Crippen LogP contribution in [0.25, 0.3) is 0 Å². The highest BCUT2D eigenvalue weighted by Gasteiger charge is 2.47. The number of aliphatic hydroxyl groups excluding tert-OH is 8. The lowest BCUT2D eigenvalue weighted by atomic mass is 9.70. The third-order valence-electron chi connectivity index (χ3n) is 10.3. The predicted molar refractivity (Wildman–Crippen MR) is 164 cm³/mol. The Kier molecular flexibility index (Phi) is 15.2. The van der Waals surface area contributed by atoms with E-state index in [9.17, 15) is 55.2 Å². The molecule has 16 nitrogen and oxygen atoms in total. The number of aliphatic hydroxyl groups is 8. The standard InChI is InChI=1S/C31H55N3O13/c1-14(38)32-25-20(10-46-13-23-18(8-36)6-24(41)27(30(23)44)34-16(3)40)4-17(7-35)22(29(25)43)12-47-11-21-5-19(9-37)28(42)31(45)26(21)33-15(2)39/h17-31,35-37,41-45H,4-13H2,1-3H3,(H,32,38)(H,33,39)(H,34,40)/t17?,18?,19?,20-,21-,22+,23+,24+,25?,26?,27?,28+,29?,30?,31?/m0/s1. The molecule has 0 heterocycles. The van der Waals surface area contributed by atoms with Gasteiger partial charge >= 0.3 is 0 Å². The Balaban J connectivity index is 1.66. The molecule has 0 bridgehead atoms. The zero-order valence-electron chi connectivity index (χ0n) is 27.4. The second kappa shape index (κ2) is 18.1. The van der Waals surface area contributed by atoms with Crippen LogP contribution in [0.15, 0.2) is 0 Å². The van der Waals surface area contributed by atoms with Crippen LogP contribution in [0.3, 0.4) is 0 Å². The molecule has 9 unspecified atom stereocenters. The van der Waals surface area contributed by atoms with Crippen LogP contribution in [0.5, 0.6) is 0 Å². The Hall–Kier alpha value is -1.99. The second-order valence-electron chi connectivity index (χ2n) is 13.7. The molecular formula is C31H55N3O13. The van der Waals surface area contributed by atoms with Crippen molar-refractivity contribution in [2.24, 2.45) is 41.4 Å². The van der Waals surface area contributed by atoms with Crippen LogP contribution >= 0.6 is 0 Å². The van der Waals surface area contributed by atoms with E-state index in [1.807, 2.05) is 0 Å². The number of nitrogens with one attached hydrogen (secondary N) is 3. The van der Waals surface area contributed by atoms with Gasteiger partial charge in [-0.3, -0.25) is 14.4 Å². The molecule has 47 heavy (non-hydrogen) atoms. The molecule has 272 valence electrons. The van der Waals surface area contributed by atoms with Crippen molar-refractivity contribution in [3.63, 3.8) is 0 Å². The van der Waals surface area contributed by atoms with Gasteiger partial charge in [0.15, 0.2) is 0 Å². The normalized spacial score (nSPS) is 40.8. The quantitative estimate of drug-likeness (QED) is 0.0835. The van der Waals surface area contributed by atoms with E-state index in [0.29, 0.717) is 6.42 Å². The van der Waals surface area contributed by atoms with E-state index in [2.05, 4.69) is 16.0 Å². The molecular weight excluding hydrogens is 622 g/mol. The molecule has 3 aliphatic carbocycles. The zero-order chi connectivity index (χ0) is 35.0. The molecule has 0 spiro atoms. The molecule has 0 aromatic carbocycles. The van der Waals surface area contributed by atoms with E-state index in [4.69, 9.17) is 9.47 Å². The summed E-state index contributed by atoms with van der Waals surface area (Å²) < 4.78 is 12.0. The molecule has 0 aromatic heterocycles. The summed E-state index contributed by atoms with van der Waals surface area (Å²) in [5.41, 5.74) is 0. The molecule has 3 amide bonds. The van der Waals surface area contributed by atoms with E-state index in [1.165, 1.54) is 20.8 Å². The fourth-order valence-electron chi connectivity index (χ4n) is 7.80. The van der Waals surface area contributed by atoms with Gasteiger partial charge in [0.2, 0.25) is 17.7 Å². The van der Waals surface area contributed by atoms with Gasteiger partial charge in [0.1, 0.15) is 6.10 Å². The monoisotopic (exact) mass is 677 g/mol. The van der Waals surface area contributed by atoms with Crippen LogP contribution in [-0.4, -0.2) is 153 Å². The Morgan fingerprint density at radius 1 is 0.511 bits per heavy atom. The van der Waals surface area contributed by atoms with Crippen LogP contribution in [-0.2, 0) is 23.9 Å². The summed E-state index contributed by atoms with van der Waals surface area (Å²) in [6.07, 6.45) is -5.20. The maximum Gasteiger partial charge on any atom is 0.217 e. The van der Waals surface area contributed by atoms with E-state index in [1.54, 1.807) is 0 Å². The molecule has 3 rings (SSSR count). The van der Waals surface area contributed by atoms with Gasteiger partial charge in [-0.15, -0.1) is 0 Å². The van der Waals surface area contributed by atoms with Gasteiger partial charge in [0, 0.05) is 70.2 Å². The largest absolute Gasteiger partial charge is 0.396 e. The summed E-state index contributed by atoms with van der Waals surface area (Å²) >= 11 is 0. The van der Waals surface area contributed by atoms with Crippen molar-refractivity contribution in [2.45, 2.75) is 88.7 Å². The van der Waals surface area contributed by atoms with Gasteiger partial charge in [0.25, 0.3) is 0 Å². The number of hydrogen-bond donors (Lipinski definition) is 11. The molecule has 11 N–H and O–H groups in total. The first kappa shape index (κ1) is 39.4. The highest BCUT2D eigenvalue weighted by atomic mass is 16.5. The van der Waals surface area contributed by atoms with Gasteiger partial charge in [0.05, 0.1) is 69.0 Å². The smallest absolute Gasteiger partial charge is 0.217 e. The lowest BCUT2D eigenvalue weighted by Crippen LogP contribution is -2.60. The topological polar surface area (TPSA) is 268 Å². The van der Waals surface area contributed by atoms with Crippen LogP contribution in [0.2, 0.25) is 0 Å². The van der Waals surface area contributed by atoms with Gasteiger partial charge in [-0.05, 0) is 31.1 Å². The van der Waals surface area contributed by atoms with E-state index >= 15 is 0 Å². The minimum Gasteiger partial charge on any atom is -0.396 e. The van der Waals surface area contributed by atoms with Crippen molar-refractivity contribution in [2.75, 3.05) is 46.2 Å². The van der Waals surface area contributed by atoms with Crippen LogP contribution < -0.4 is 16.0 Å². The third-order valence-corrected chi connectivity index (χ3v) is 10.3. The van der Waals surface area contributed by atoms with Crippen LogP contribution in [0.1, 0.15) is 40.0 Å². The molecule has 0 aromatic rings. The first-order valence-electron chi connectivity index (χ1n) is 16.4. The van der Waals surface area contributed by atoms with E-state index in [-0.39, 0.29) is 65.0 Å². The maximum absolute atomic E-state index is 12.2.